The molecule has 10 nitrogen and oxygen atoms in total. The van der Waals surface area contributed by atoms with Crippen LogP contribution in [0.1, 0.15) is 37.3 Å². The zero-order valence-corrected chi connectivity index (χ0v) is 24.3. The smallest absolute Gasteiger partial charge is 0.467 e. The number of nitrogens with two attached hydrogens (primary N) is 1. The third-order valence-corrected chi connectivity index (χ3v) is 9.94. The van der Waals surface area contributed by atoms with Crippen molar-refractivity contribution < 1.29 is 40.7 Å². The van der Waals surface area contributed by atoms with E-state index in [1.165, 1.54) is 28.4 Å². The molecule has 42 heavy (non-hydrogen) atoms. The minimum Gasteiger partial charge on any atom is -0.467 e. The second kappa shape index (κ2) is 12.6. The Balaban J connectivity index is 1.46. The van der Waals surface area contributed by atoms with E-state index in [0.29, 0.717) is 29.5 Å². The van der Waals surface area contributed by atoms with E-state index in [2.05, 4.69) is 0 Å². The Bertz CT molecular complexity index is 1410. The lowest BCUT2D eigenvalue weighted by Crippen LogP contribution is -2.53. The van der Waals surface area contributed by atoms with Crippen LogP contribution in [0.2, 0.25) is 0 Å². The van der Waals surface area contributed by atoms with Crippen molar-refractivity contribution in [1.82, 2.24) is 14.1 Å². The maximum absolute atomic E-state index is 13.7. The number of carbonyl (C=O) groups excluding carboxylic acids is 3. The summed E-state index contributed by atoms with van der Waals surface area (Å²) in [6.07, 6.45) is -0.253. The Morgan fingerprint density at radius 1 is 1.07 bits per heavy atom. The SMILES string of the molecule is COC(=O)[C@H]1CC=CCN1C(=O)[C@@H](N)CC1=C(C)CCN(S(=O)(=O)c2ccc3c(c2)CCN(C(=O)C(F)(F)F)CC3)C1. The minimum atomic E-state index is -4.97. The van der Waals surface area contributed by atoms with Gasteiger partial charge in [-0.3, -0.25) is 9.59 Å². The molecule has 3 heterocycles. The van der Waals surface area contributed by atoms with Crippen LogP contribution in [0, 0.1) is 0 Å². The van der Waals surface area contributed by atoms with Crippen molar-refractivity contribution in [2.24, 2.45) is 5.73 Å². The van der Waals surface area contributed by atoms with Gasteiger partial charge in [0.1, 0.15) is 6.04 Å². The lowest BCUT2D eigenvalue weighted by molar-refractivity contribution is -0.185. The largest absolute Gasteiger partial charge is 0.471 e. The summed E-state index contributed by atoms with van der Waals surface area (Å²) in [7, 11) is -2.73. The molecular weight excluding hydrogens is 577 g/mol. The highest BCUT2D eigenvalue weighted by atomic mass is 32.2. The van der Waals surface area contributed by atoms with Crippen molar-refractivity contribution in [3.63, 3.8) is 0 Å². The number of halogens is 3. The number of esters is 1. The van der Waals surface area contributed by atoms with Crippen molar-refractivity contribution >= 4 is 27.8 Å². The van der Waals surface area contributed by atoms with Crippen molar-refractivity contribution in [3.05, 3.63) is 52.6 Å². The van der Waals surface area contributed by atoms with E-state index in [-0.39, 0.29) is 56.9 Å². The molecule has 0 radical (unpaired) electrons. The van der Waals surface area contributed by atoms with Crippen LogP contribution in [0.3, 0.4) is 0 Å². The Hall–Kier alpha value is -3.23. The predicted molar refractivity (Wildman–Crippen MR) is 146 cm³/mol. The van der Waals surface area contributed by atoms with Crippen LogP contribution in [-0.4, -0.2) is 98.4 Å². The summed E-state index contributed by atoms with van der Waals surface area (Å²) >= 11 is 0. The first-order valence-electron chi connectivity index (χ1n) is 13.7. The van der Waals surface area contributed by atoms with Gasteiger partial charge in [0.25, 0.3) is 0 Å². The lowest BCUT2D eigenvalue weighted by atomic mass is 9.95. The van der Waals surface area contributed by atoms with Crippen LogP contribution in [0.15, 0.2) is 46.4 Å². The number of carbonyl (C=O) groups is 3. The molecule has 4 rings (SSSR count). The van der Waals surface area contributed by atoms with Crippen LogP contribution in [0.4, 0.5) is 13.2 Å². The molecule has 2 atom stereocenters. The van der Waals surface area contributed by atoms with E-state index in [9.17, 15) is 36.0 Å². The van der Waals surface area contributed by atoms with Gasteiger partial charge in [0.05, 0.1) is 18.0 Å². The Morgan fingerprint density at radius 3 is 2.43 bits per heavy atom. The monoisotopic (exact) mass is 612 g/mol. The van der Waals surface area contributed by atoms with Crippen molar-refractivity contribution in [2.45, 2.75) is 62.2 Å². The molecule has 0 unspecified atom stereocenters. The fourth-order valence-corrected chi connectivity index (χ4v) is 7.06. The van der Waals surface area contributed by atoms with E-state index in [1.807, 2.05) is 6.92 Å². The summed E-state index contributed by atoms with van der Waals surface area (Å²) in [6, 6.07) is 2.74. The molecule has 14 heteroatoms. The maximum atomic E-state index is 13.7. The maximum Gasteiger partial charge on any atom is 0.471 e. The minimum absolute atomic E-state index is 0.0112. The zero-order chi connectivity index (χ0) is 30.8. The van der Waals surface area contributed by atoms with Crippen molar-refractivity contribution in [1.29, 1.82) is 0 Å². The van der Waals surface area contributed by atoms with Gasteiger partial charge in [-0.05, 0) is 62.3 Å². The number of ether oxygens (including phenoxy) is 1. The normalized spacial score (nSPS) is 21.0. The Kier molecular flexibility index (Phi) is 9.48. The lowest BCUT2D eigenvalue weighted by Gasteiger charge is -2.34. The van der Waals surface area contributed by atoms with Crippen LogP contribution >= 0.6 is 0 Å². The first-order chi connectivity index (χ1) is 19.7. The number of sulfonamides is 1. The number of hydrogen-bond acceptors (Lipinski definition) is 7. The van der Waals surface area contributed by atoms with Gasteiger partial charge in [-0.25, -0.2) is 13.2 Å². The summed E-state index contributed by atoms with van der Waals surface area (Å²) < 4.78 is 72.3. The quantitative estimate of drug-likeness (QED) is 0.384. The zero-order valence-electron chi connectivity index (χ0n) is 23.5. The van der Waals surface area contributed by atoms with Gasteiger partial charge < -0.3 is 20.3 Å². The molecule has 0 spiro atoms. The van der Waals surface area contributed by atoms with Gasteiger partial charge in [-0.1, -0.05) is 29.4 Å². The summed E-state index contributed by atoms with van der Waals surface area (Å²) in [5, 5.41) is 0. The molecule has 2 N–H and O–H groups in total. The second-order valence-electron chi connectivity index (χ2n) is 10.7. The van der Waals surface area contributed by atoms with E-state index < -0.39 is 46.1 Å². The number of hydrogen-bond donors (Lipinski definition) is 1. The first-order valence-corrected chi connectivity index (χ1v) is 15.1. The number of benzene rings is 1. The number of nitrogens with zero attached hydrogens (tertiary/aromatic N) is 3. The third-order valence-electron chi connectivity index (χ3n) is 8.10. The van der Waals surface area contributed by atoms with E-state index in [4.69, 9.17) is 10.5 Å². The molecular formula is C28H35F3N4O6S. The van der Waals surface area contributed by atoms with Gasteiger partial charge in [0.2, 0.25) is 15.9 Å². The van der Waals surface area contributed by atoms with Crippen molar-refractivity contribution in [2.75, 3.05) is 39.8 Å². The highest BCUT2D eigenvalue weighted by Gasteiger charge is 2.42. The average molecular weight is 613 g/mol. The number of fused-ring (bicyclic) bond motifs is 1. The molecule has 0 saturated heterocycles. The molecule has 0 aliphatic carbocycles. The Morgan fingerprint density at radius 2 is 1.76 bits per heavy atom. The van der Waals surface area contributed by atoms with E-state index >= 15 is 0 Å². The standard InChI is InChI=1S/C28H35F3N4O6S/c1-18-8-14-34(17-21(18)16-23(32)25(36)35-11-4-3-5-24(35)26(37)41-2)42(39,40)22-7-6-19-9-12-33(13-10-20(19)15-22)27(38)28(29,30)31/h3-4,6-7,15,23-24H,5,8-14,16-17,32H2,1-2H3/t23-,24+/m0/s1. The summed E-state index contributed by atoms with van der Waals surface area (Å²) in [6.45, 7) is 2.05. The molecule has 3 aliphatic heterocycles. The van der Waals surface area contributed by atoms with Gasteiger partial charge >= 0.3 is 18.1 Å². The molecule has 230 valence electrons. The summed E-state index contributed by atoms with van der Waals surface area (Å²) in [4.78, 5) is 39.3. The Labute approximate surface area is 243 Å². The topological polar surface area (TPSA) is 130 Å². The van der Waals surface area contributed by atoms with Crippen LogP contribution in [-0.2, 0) is 42.0 Å². The van der Waals surface area contributed by atoms with E-state index in [1.54, 1.807) is 18.2 Å². The van der Waals surface area contributed by atoms with Crippen LogP contribution < -0.4 is 5.73 Å². The molecule has 3 aliphatic rings. The summed E-state index contributed by atoms with van der Waals surface area (Å²) in [5.41, 5.74) is 9.22. The molecule has 0 fully saturated rings. The second-order valence-corrected chi connectivity index (χ2v) is 12.7. The van der Waals surface area contributed by atoms with Gasteiger partial charge in [-0.2, -0.15) is 17.5 Å². The van der Waals surface area contributed by atoms with Crippen LogP contribution in [0.25, 0.3) is 0 Å². The molecule has 1 aromatic rings. The molecule has 0 bridgehead atoms. The predicted octanol–water partition coefficient (Wildman–Crippen LogP) is 1.93. The fourth-order valence-electron chi connectivity index (χ4n) is 5.57. The van der Waals surface area contributed by atoms with Gasteiger partial charge in [-0.15, -0.1) is 0 Å². The highest BCUT2D eigenvalue weighted by Crippen LogP contribution is 2.29. The third kappa shape index (κ3) is 6.70. The number of rotatable bonds is 6. The molecule has 1 aromatic carbocycles. The van der Waals surface area contributed by atoms with E-state index in [0.717, 1.165) is 10.5 Å². The van der Waals surface area contributed by atoms with Crippen molar-refractivity contribution in [3.8, 4) is 0 Å². The fraction of sp³-hybridized carbons (Fsp3) is 0.536. The number of amides is 2. The molecule has 0 saturated carbocycles. The first kappa shape index (κ1) is 31.7. The summed E-state index contributed by atoms with van der Waals surface area (Å²) in [5.74, 6) is -2.87. The van der Waals surface area contributed by atoms with Crippen LogP contribution in [0.5, 0.6) is 0 Å². The molecule has 0 aromatic heterocycles. The van der Waals surface area contributed by atoms with Gasteiger partial charge in [0.15, 0.2) is 0 Å². The highest BCUT2D eigenvalue weighted by molar-refractivity contribution is 7.89. The molecule has 2 amide bonds. The van der Waals surface area contributed by atoms with Gasteiger partial charge in [0, 0.05) is 32.7 Å². The average Bonchev–Trinajstić information content (AvgIpc) is 3.18. The number of alkyl halides is 3. The number of methoxy groups -OCH3 is 1.